The van der Waals surface area contributed by atoms with E-state index in [0.29, 0.717) is 34.5 Å². The molecule has 0 unspecified atom stereocenters. The van der Waals surface area contributed by atoms with Crippen LogP contribution in [0.4, 0.5) is 11.4 Å². The molecule has 0 bridgehead atoms. The van der Waals surface area contributed by atoms with Gasteiger partial charge in [-0.3, -0.25) is 20.2 Å². The Labute approximate surface area is 434 Å². The second kappa shape index (κ2) is 18.5. The van der Waals surface area contributed by atoms with E-state index in [9.17, 15) is 20.2 Å². The van der Waals surface area contributed by atoms with Crippen molar-refractivity contribution < 1.29 is 28.2 Å². The van der Waals surface area contributed by atoms with Crippen LogP contribution in [0, 0.1) is 20.2 Å². The second-order valence-electron chi connectivity index (χ2n) is 19.1. The Morgan fingerprint density at radius 1 is 0.320 bits per heavy atom. The quantitative estimate of drug-likeness (QED) is 0.0599. The van der Waals surface area contributed by atoms with E-state index in [4.69, 9.17) is 18.3 Å². The van der Waals surface area contributed by atoms with Gasteiger partial charge in [0.15, 0.2) is 0 Å². The van der Waals surface area contributed by atoms with Gasteiger partial charge in [-0.1, -0.05) is 146 Å². The van der Waals surface area contributed by atoms with Gasteiger partial charge < -0.3 is 18.3 Å². The van der Waals surface area contributed by atoms with E-state index in [1.807, 2.05) is 61.6 Å². The summed E-state index contributed by atoms with van der Waals surface area (Å²) in [4.78, 5) is 21.6. The number of rotatable bonds is 14. The summed E-state index contributed by atoms with van der Waals surface area (Å²) in [7, 11) is -2.87. The van der Waals surface area contributed by atoms with Crippen molar-refractivity contribution in [1.29, 1.82) is 0 Å². The second-order valence-corrected chi connectivity index (χ2v) is 22.3. The Morgan fingerprint density at radius 3 is 0.800 bits per heavy atom. The Morgan fingerprint density at radius 2 is 0.547 bits per heavy atom. The molecule has 0 amide bonds. The molecule has 0 aromatic heterocycles. The summed E-state index contributed by atoms with van der Waals surface area (Å²) in [6.45, 7) is 4.09. The van der Waals surface area contributed by atoms with Gasteiger partial charge in [0.05, 0.1) is 20.7 Å². The molecule has 0 aliphatic heterocycles. The zero-order chi connectivity index (χ0) is 51.3. The number of benzene rings is 10. The number of fused-ring (bicyclic) bond motifs is 6. The molecule has 0 spiro atoms. The predicted octanol–water partition coefficient (Wildman–Crippen LogP) is 16.0. The third kappa shape index (κ3) is 8.06. The number of hydrogen-bond acceptors (Lipinski definition) is 8. The Balaban J connectivity index is 0.830. The monoisotopic (exact) mass is 998 g/mol. The Hall–Kier alpha value is -9.58. The van der Waals surface area contributed by atoms with Gasteiger partial charge >= 0.3 is 8.56 Å². The minimum atomic E-state index is -2.87. The SMILES string of the molecule is C[Si](C)(Oc1ccc(C2(c3ccc(Oc4ccc([N+](=O)[O-])cc4)cc3)c3ccccc3-c3ccccc32)cc1)Oc1ccc(C2(c3ccc(Oc4ccc([N+](=O)[O-])cc4)cc3)c3ccccc3-c3ccccc32)cc1. The maximum Gasteiger partial charge on any atom is 0.454 e. The van der Waals surface area contributed by atoms with Crippen LogP contribution in [-0.2, 0) is 10.8 Å². The lowest BCUT2D eigenvalue weighted by Gasteiger charge is -2.34. The molecule has 0 heterocycles. The number of non-ortho nitro benzene ring substituents is 2. The van der Waals surface area contributed by atoms with Gasteiger partial charge in [-0.25, -0.2) is 0 Å². The topological polar surface area (TPSA) is 123 Å². The fraction of sp³-hybridized carbons (Fsp3) is 0.0625. The van der Waals surface area contributed by atoms with Crippen molar-refractivity contribution in [2.45, 2.75) is 23.9 Å². The molecule has 2 aliphatic carbocycles. The zero-order valence-electron chi connectivity index (χ0n) is 40.8. The van der Waals surface area contributed by atoms with Crippen LogP contribution in [0.2, 0.25) is 13.1 Å². The molecular weight excluding hydrogens is 953 g/mol. The summed E-state index contributed by atoms with van der Waals surface area (Å²) in [5.74, 6) is 3.64. The van der Waals surface area contributed by atoms with Crippen molar-refractivity contribution in [3.63, 3.8) is 0 Å². The molecule has 0 saturated carbocycles. The van der Waals surface area contributed by atoms with Crippen molar-refractivity contribution in [2.24, 2.45) is 0 Å². The van der Waals surface area contributed by atoms with Gasteiger partial charge in [0.1, 0.15) is 34.5 Å². The van der Waals surface area contributed by atoms with Crippen LogP contribution in [0.5, 0.6) is 34.5 Å². The third-order valence-electron chi connectivity index (χ3n) is 14.3. The molecule has 2 aliphatic rings. The smallest absolute Gasteiger partial charge is 0.454 e. The largest absolute Gasteiger partial charge is 0.512 e. The van der Waals surface area contributed by atoms with E-state index in [0.717, 1.165) is 22.3 Å². The normalized spacial score (nSPS) is 13.4. The minimum Gasteiger partial charge on any atom is -0.512 e. The van der Waals surface area contributed by atoms with Crippen molar-refractivity contribution >= 4 is 19.9 Å². The lowest BCUT2D eigenvalue weighted by atomic mass is 9.68. The molecule has 10 nitrogen and oxygen atoms in total. The highest BCUT2D eigenvalue weighted by Gasteiger charge is 2.47. The van der Waals surface area contributed by atoms with Crippen molar-refractivity contribution in [1.82, 2.24) is 0 Å². The van der Waals surface area contributed by atoms with Crippen LogP contribution >= 0.6 is 0 Å². The van der Waals surface area contributed by atoms with Gasteiger partial charge in [0, 0.05) is 37.4 Å². The predicted molar refractivity (Wildman–Crippen MR) is 293 cm³/mol. The molecule has 0 N–H and O–H groups in total. The molecule has 10 aromatic rings. The number of nitrogens with zero attached hydrogens (tertiary/aromatic N) is 2. The number of nitro groups is 2. The third-order valence-corrected chi connectivity index (χ3v) is 15.8. The molecule has 11 heteroatoms. The van der Waals surface area contributed by atoms with Crippen molar-refractivity contribution in [3.05, 3.63) is 307 Å². The Bertz CT molecular complexity index is 3450. The molecule has 75 heavy (non-hydrogen) atoms. The maximum atomic E-state index is 11.2. The highest BCUT2D eigenvalue weighted by molar-refractivity contribution is 6.66. The van der Waals surface area contributed by atoms with Crippen LogP contribution in [0.1, 0.15) is 44.5 Å². The number of ether oxygens (including phenoxy) is 2. The van der Waals surface area contributed by atoms with Crippen molar-refractivity contribution in [2.75, 3.05) is 0 Å². The molecule has 10 aromatic carbocycles. The highest BCUT2D eigenvalue weighted by Crippen LogP contribution is 2.58. The summed E-state index contributed by atoms with van der Waals surface area (Å²) in [6.07, 6.45) is 0. The summed E-state index contributed by atoms with van der Waals surface area (Å²) in [5.41, 5.74) is 12.3. The average molecular weight is 999 g/mol. The van der Waals surface area contributed by atoms with E-state index in [2.05, 4.69) is 146 Å². The van der Waals surface area contributed by atoms with E-state index in [-0.39, 0.29) is 11.4 Å². The maximum absolute atomic E-state index is 11.2. The Kier molecular flexibility index (Phi) is 11.5. The fourth-order valence-corrected chi connectivity index (χ4v) is 12.7. The van der Waals surface area contributed by atoms with E-state index in [1.165, 1.54) is 68.8 Å². The first-order valence-electron chi connectivity index (χ1n) is 24.5. The van der Waals surface area contributed by atoms with Crippen LogP contribution < -0.4 is 18.3 Å². The standard InChI is InChI=1S/C64H46N2O8Si/c1-75(2,73-53-35-23-45(24-36-53)63(59-15-7-3-11-55(59)56-12-4-8-16-60(56)63)43-19-31-49(32-20-43)71-51-39-27-47(28-40-51)65(67)68)74-54-37-25-46(26-38-54)64(61-17-9-5-13-57(61)58-14-6-10-18-62(58)64)44-21-33-50(34-22-44)72-52-41-29-48(30-42-52)66(69)70/h3-42H,1-2H3. The van der Waals surface area contributed by atoms with E-state index in [1.54, 1.807) is 24.3 Å². The minimum absolute atomic E-state index is 0.00340. The first-order chi connectivity index (χ1) is 36.5. The number of hydrogen-bond donors (Lipinski definition) is 0. The summed E-state index contributed by atoms with van der Waals surface area (Å²) >= 11 is 0. The van der Waals surface area contributed by atoms with Crippen LogP contribution in [0.15, 0.2) is 243 Å². The first kappa shape index (κ1) is 46.5. The van der Waals surface area contributed by atoms with Crippen LogP contribution in [-0.4, -0.2) is 18.4 Å². The molecule has 364 valence electrons. The molecule has 0 atom stereocenters. The fourth-order valence-electron chi connectivity index (χ4n) is 11.3. The first-order valence-corrected chi connectivity index (χ1v) is 27.4. The van der Waals surface area contributed by atoms with Crippen LogP contribution in [0.25, 0.3) is 22.3 Å². The zero-order valence-corrected chi connectivity index (χ0v) is 41.8. The molecule has 12 rings (SSSR count). The lowest BCUT2D eigenvalue weighted by Crippen LogP contribution is -2.41. The van der Waals surface area contributed by atoms with E-state index >= 15 is 0 Å². The van der Waals surface area contributed by atoms with Gasteiger partial charge in [-0.15, -0.1) is 0 Å². The average Bonchev–Trinajstić information content (AvgIpc) is 3.92. The van der Waals surface area contributed by atoms with Gasteiger partial charge in [0.2, 0.25) is 0 Å². The van der Waals surface area contributed by atoms with Crippen molar-refractivity contribution in [3.8, 4) is 56.8 Å². The molecule has 0 fully saturated rings. The van der Waals surface area contributed by atoms with Crippen LogP contribution in [0.3, 0.4) is 0 Å². The molecule has 0 saturated heterocycles. The summed E-state index contributed by atoms with van der Waals surface area (Å²) in [5, 5.41) is 22.5. The highest BCUT2D eigenvalue weighted by atomic mass is 28.4. The van der Waals surface area contributed by atoms with Gasteiger partial charge in [0.25, 0.3) is 11.4 Å². The van der Waals surface area contributed by atoms with E-state index < -0.39 is 29.2 Å². The summed E-state index contributed by atoms with van der Waals surface area (Å²) in [6, 6.07) is 79.4. The van der Waals surface area contributed by atoms with Gasteiger partial charge in [-0.2, -0.15) is 0 Å². The molecule has 0 radical (unpaired) electrons. The lowest BCUT2D eigenvalue weighted by molar-refractivity contribution is -0.385. The number of nitro benzene ring substituents is 2. The summed E-state index contributed by atoms with van der Waals surface area (Å²) < 4.78 is 25.9. The molecular formula is C64H46N2O8Si. The van der Waals surface area contributed by atoms with Gasteiger partial charge in [-0.05, 0) is 140 Å².